The van der Waals surface area contributed by atoms with Crippen LogP contribution in [0.25, 0.3) is 0 Å². The van der Waals surface area contributed by atoms with Crippen molar-refractivity contribution in [2.24, 2.45) is 0 Å². The summed E-state index contributed by atoms with van der Waals surface area (Å²) in [7, 11) is 0. The van der Waals surface area contributed by atoms with Crippen LogP contribution in [-0.2, 0) is 14.3 Å². The highest BCUT2D eigenvalue weighted by atomic mass is 16.5. The molecule has 2 unspecified atom stereocenters. The summed E-state index contributed by atoms with van der Waals surface area (Å²) in [6, 6.07) is -0.548. The number of carbonyl (C=O) groups excluding carboxylic acids is 2. The molecule has 6 nitrogen and oxygen atoms in total. The molecular weight excluding hydrogens is 911 g/mol. The van der Waals surface area contributed by atoms with Crippen molar-refractivity contribution in [1.29, 1.82) is 0 Å². The van der Waals surface area contributed by atoms with Gasteiger partial charge in [-0.2, -0.15) is 0 Å². The van der Waals surface area contributed by atoms with Gasteiger partial charge in [0, 0.05) is 12.8 Å². The number of carbonyl (C=O) groups is 2. The van der Waals surface area contributed by atoms with Crippen molar-refractivity contribution in [1.82, 2.24) is 5.32 Å². The highest BCUT2D eigenvalue weighted by Crippen LogP contribution is 2.19. The van der Waals surface area contributed by atoms with Gasteiger partial charge in [-0.15, -0.1) is 0 Å². The van der Waals surface area contributed by atoms with E-state index in [1.54, 1.807) is 0 Å². The number of nitrogens with one attached hydrogen (secondary N) is 1. The van der Waals surface area contributed by atoms with E-state index in [-0.39, 0.29) is 18.5 Å². The Balaban J connectivity index is 3.40. The third-order valence-corrected chi connectivity index (χ3v) is 16.4. The average molecular weight is 1050 g/mol. The van der Waals surface area contributed by atoms with Gasteiger partial charge >= 0.3 is 5.97 Å². The Kier molecular flexibility index (Phi) is 63.4. The largest absolute Gasteiger partial charge is 0.466 e. The molecular formula is C68H135NO5. The summed E-state index contributed by atoms with van der Waals surface area (Å²) in [4.78, 5) is 24.7. The van der Waals surface area contributed by atoms with Gasteiger partial charge in [-0.25, -0.2) is 0 Å². The molecule has 3 N–H and O–H groups in total. The predicted octanol–water partition coefficient (Wildman–Crippen LogP) is 21.8. The monoisotopic (exact) mass is 1050 g/mol. The van der Waals surface area contributed by atoms with E-state index in [1.165, 1.54) is 321 Å². The van der Waals surface area contributed by atoms with Crippen LogP contribution in [0.15, 0.2) is 0 Å². The maximum atomic E-state index is 12.5. The smallest absolute Gasteiger partial charge is 0.305 e. The van der Waals surface area contributed by atoms with Gasteiger partial charge in [0.25, 0.3) is 0 Å². The fraction of sp³-hybridized carbons (Fsp3) is 0.971. The molecule has 0 aliphatic rings. The molecule has 0 aromatic carbocycles. The number of ether oxygens (including phenoxy) is 1. The van der Waals surface area contributed by atoms with Crippen molar-refractivity contribution in [3.05, 3.63) is 0 Å². The van der Waals surface area contributed by atoms with Gasteiger partial charge < -0.3 is 20.3 Å². The summed E-state index contributed by atoms with van der Waals surface area (Å²) in [5, 5.41) is 23.4. The molecule has 2 atom stereocenters. The van der Waals surface area contributed by atoms with Crippen molar-refractivity contribution in [3.8, 4) is 0 Å². The Morgan fingerprint density at radius 3 is 0.824 bits per heavy atom. The van der Waals surface area contributed by atoms with Crippen LogP contribution < -0.4 is 5.32 Å². The van der Waals surface area contributed by atoms with Gasteiger partial charge in [-0.3, -0.25) is 9.59 Å². The molecule has 442 valence electrons. The highest BCUT2D eigenvalue weighted by Gasteiger charge is 2.20. The van der Waals surface area contributed by atoms with Crippen LogP contribution in [0.2, 0.25) is 0 Å². The molecule has 0 saturated heterocycles. The van der Waals surface area contributed by atoms with Gasteiger partial charge in [0.1, 0.15) is 0 Å². The van der Waals surface area contributed by atoms with Crippen molar-refractivity contribution in [2.75, 3.05) is 13.2 Å². The van der Waals surface area contributed by atoms with Crippen LogP contribution >= 0.6 is 0 Å². The minimum atomic E-state index is -0.670. The van der Waals surface area contributed by atoms with Gasteiger partial charge in [-0.1, -0.05) is 361 Å². The lowest BCUT2D eigenvalue weighted by molar-refractivity contribution is -0.143. The van der Waals surface area contributed by atoms with Crippen molar-refractivity contribution < 1.29 is 24.5 Å². The topological polar surface area (TPSA) is 95.9 Å². The van der Waals surface area contributed by atoms with Gasteiger partial charge in [0.05, 0.1) is 25.4 Å². The first-order valence-electron chi connectivity index (χ1n) is 34.3. The Hall–Kier alpha value is -1.14. The Bertz CT molecular complexity index is 1070. The van der Waals surface area contributed by atoms with Crippen LogP contribution in [0.1, 0.15) is 399 Å². The normalized spacial score (nSPS) is 12.4. The molecule has 0 aromatic heterocycles. The zero-order valence-electron chi connectivity index (χ0n) is 50.6. The number of unbranched alkanes of at least 4 members (excludes halogenated alkanes) is 54. The fourth-order valence-corrected chi connectivity index (χ4v) is 11.2. The quantitative estimate of drug-likeness (QED) is 0.0417. The third kappa shape index (κ3) is 60.1. The fourth-order valence-electron chi connectivity index (χ4n) is 11.2. The van der Waals surface area contributed by atoms with Crippen LogP contribution in [0.4, 0.5) is 0 Å². The Labute approximate surface area is 464 Å². The van der Waals surface area contributed by atoms with Crippen molar-refractivity contribution in [3.63, 3.8) is 0 Å². The second kappa shape index (κ2) is 64.4. The first-order chi connectivity index (χ1) is 36.5. The van der Waals surface area contributed by atoms with Crippen LogP contribution in [0.3, 0.4) is 0 Å². The number of aliphatic hydroxyl groups excluding tert-OH is 2. The Morgan fingerprint density at radius 1 is 0.324 bits per heavy atom. The predicted molar refractivity (Wildman–Crippen MR) is 324 cm³/mol. The lowest BCUT2D eigenvalue weighted by Crippen LogP contribution is -2.45. The molecule has 0 aliphatic heterocycles. The molecule has 0 saturated carbocycles. The first kappa shape index (κ1) is 72.9. The zero-order chi connectivity index (χ0) is 53.6. The van der Waals surface area contributed by atoms with Crippen molar-refractivity contribution in [2.45, 2.75) is 411 Å². The molecule has 74 heavy (non-hydrogen) atoms. The molecule has 6 heteroatoms. The summed E-state index contributed by atoms with van der Waals surface area (Å²) in [5.74, 6) is -0.0308. The molecule has 0 heterocycles. The number of amides is 1. The molecule has 0 bridgehead atoms. The zero-order valence-corrected chi connectivity index (χ0v) is 50.6. The summed E-state index contributed by atoms with van der Waals surface area (Å²) in [6.07, 6.45) is 77.0. The molecule has 0 aliphatic carbocycles. The summed E-state index contributed by atoms with van der Waals surface area (Å²) < 4.78 is 5.50. The lowest BCUT2D eigenvalue weighted by atomic mass is 10.0. The Morgan fingerprint density at radius 2 is 0.554 bits per heavy atom. The van der Waals surface area contributed by atoms with Crippen LogP contribution in [-0.4, -0.2) is 47.4 Å². The van der Waals surface area contributed by atoms with Gasteiger partial charge in [-0.05, 0) is 25.7 Å². The van der Waals surface area contributed by atoms with Crippen LogP contribution in [0, 0.1) is 0 Å². The van der Waals surface area contributed by atoms with E-state index in [4.69, 9.17) is 4.74 Å². The molecule has 0 radical (unpaired) electrons. The number of aliphatic hydroxyl groups is 2. The maximum absolute atomic E-state index is 12.5. The van der Waals surface area contributed by atoms with Gasteiger partial charge in [0.15, 0.2) is 0 Å². The molecule has 0 spiro atoms. The van der Waals surface area contributed by atoms with Crippen LogP contribution in [0.5, 0.6) is 0 Å². The average Bonchev–Trinajstić information content (AvgIpc) is 3.40. The number of rotatable bonds is 65. The minimum absolute atomic E-state index is 0.00658. The van der Waals surface area contributed by atoms with E-state index in [0.717, 1.165) is 44.9 Å². The standard InChI is InChI=1S/C68H135NO5/c1-3-5-7-9-11-13-15-17-19-21-22-23-24-25-26-27-28-30-32-36-40-44-48-52-56-60-66(71)65(64-70)69-67(72)61-57-53-49-45-41-37-33-31-35-39-43-47-51-55-59-63-74-68(73)62-58-54-50-46-42-38-34-29-20-18-16-14-12-10-8-6-4-2/h65-66,70-71H,3-64H2,1-2H3,(H,69,72). The van der Waals surface area contributed by atoms with E-state index in [9.17, 15) is 19.8 Å². The second-order valence-corrected chi connectivity index (χ2v) is 23.9. The summed E-state index contributed by atoms with van der Waals surface area (Å²) >= 11 is 0. The summed E-state index contributed by atoms with van der Waals surface area (Å²) in [6.45, 7) is 4.99. The third-order valence-electron chi connectivity index (χ3n) is 16.4. The highest BCUT2D eigenvalue weighted by molar-refractivity contribution is 5.76. The maximum Gasteiger partial charge on any atom is 0.305 e. The van der Waals surface area contributed by atoms with Gasteiger partial charge in [0.2, 0.25) is 5.91 Å². The molecule has 0 rings (SSSR count). The number of hydrogen-bond donors (Lipinski definition) is 3. The van der Waals surface area contributed by atoms with Crippen molar-refractivity contribution >= 4 is 11.9 Å². The van der Waals surface area contributed by atoms with E-state index >= 15 is 0 Å². The molecule has 1 amide bonds. The number of hydrogen-bond acceptors (Lipinski definition) is 5. The SMILES string of the molecule is CCCCCCCCCCCCCCCCCCCCCCCCCCCC(O)C(CO)NC(=O)CCCCCCCCCCCCCCCCCOC(=O)CCCCCCCCCCCCCCCCCCC. The second-order valence-electron chi connectivity index (χ2n) is 23.9. The molecule has 0 fully saturated rings. The van der Waals surface area contributed by atoms with E-state index < -0.39 is 12.1 Å². The molecule has 0 aromatic rings. The number of esters is 1. The van der Waals surface area contributed by atoms with E-state index in [0.29, 0.717) is 25.9 Å². The minimum Gasteiger partial charge on any atom is -0.466 e. The first-order valence-corrected chi connectivity index (χ1v) is 34.3. The van der Waals surface area contributed by atoms with E-state index in [2.05, 4.69) is 19.2 Å². The van der Waals surface area contributed by atoms with E-state index in [1.807, 2.05) is 0 Å². The lowest BCUT2D eigenvalue weighted by Gasteiger charge is -2.22. The summed E-state index contributed by atoms with van der Waals surface area (Å²) in [5.41, 5.74) is 0.